The van der Waals surface area contributed by atoms with Gasteiger partial charge in [0, 0.05) is 4.90 Å². The number of benzene rings is 1. The highest BCUT2D eigenvalue weighted by Crippen LogP contribution is 2.34. The third kappa shape index (κ3) is 3.01. The lowest BCUT2D eigenvalue weighted by atomic mass is 9.83. The first-order valence-corrected chi connectivity index (χ1v) is 7.49. The molecule has 0 amide bonds. The van der Waals surface area contributed by atoms with E-state index in [1.165, 1.54) is 6.07 Å². The second-order valence-corrected chi connectivity index (χ2v) is 6.74. The maximum atomic E-state index is 13.2. The van der Waals surface area contributed by atoms with Crippen LogP contribution in [-0.2, 0) is 10.8 Å². The minimum absolute atomic E-state index is 0.262. The molecular formula is C14H15F2NOS. The topological polar surface area (TPSA) is 40.9 Å². The van der Waals surface area contributed by atoms with E-state index in [2.05, 4.69) is 13.0 Å². The molecule has 1 aliphatic carbocycles. The lowest BCUT2D eigenvalue weighted by molar-refractivity contribution is 0.341. The van der Waals surface area contributed by atoms with Crippen LogP contribution in [0, 0.1) is 34.8 Å². The van der Waals surface area contributed by atoms with Gasteiger partial charge in [0.05, 0.1) is 28.0 Å². The van der Waals surface area contributed by atoms with Gasteiger partial charge in [-0.1, -0.05) is 6.92 Å². The molecule has 19 heavy (non-hydrogen) atoms. The number of hydrogen-bond acceptors (Lipinski definition) is 2. The molecule has 0 N–H and O–H groups in total. The molecule has 1 aromatic carbocycles. The van der Waals surface area contributed by atoms with E-state index in [4.69, 9.17) is 5.26 Å². The SMILES string of the molecule is CC1CCC(C#N)C(S(=O)c2ccc(F)c(F)c2)C1. The molecule has 0 aliphatic heterocycles. The highest BCUT2D eigenvalue weighted by Gasteiger charge is 2.33. The van der Waals surface area contributed by atoms with Crippen LogP contribution in [0.25, 0.3) is 0 Å². The monoisotopic (exact) mass is 283 g/mol. The number of nitriles is 1. The third-order valence-corrected chi connectivity index (χ3v) is 5.41. The highest BCUT2D eigenvalue weighted by molar-refractivity contribution is 7.85. The van der Waals surface area contributed by atoms with Crippen molar-refractivity contribution in [3.05, 3.63) is 29.8 Å². The molecule has 1 saturated carbocycles. The van der Waals surface area contributed by atoms with Gasteiger partial charge in [-0.15, -0.1) is 0 Å². The van der Waals surface area contributed by atoms with Crippen LogP contribution in [0.1, 0.15) is 26.2 Å². The summed E-state index contributed by atoms with van der Waals surface area (Å²) in [6.07, 6.45) is 2.35. The molecular weight excluding hydrogens is 268 g/mol. The van der Waals surface area contributed by atoms with E-state index in [-0.39, 0.29) is 16.1 Å². The van der Waals surface area contributed by atoms with Crippen LogP contribution in [0.2, 0.25) is 0 Å². The Balaban J connectivity index is 2.26. The van der Waals surface area contributed by atoms with Gasteiger partial charge in [0.15, 0.2) is 11.6 Å². The molecule has 0 heterocycles. The van der Waals surface area contributed by atoms with Gasteiger partial charge in [-0.25, -0.2) is 8.78 Å². The Morgan fingerprint density at radius 3 is 2.68 bits per heavy atom. The maximum Gasteiger partial charge on any atom is 0.160 e. The molecule has 2 nitrogen and oxygen atoms in total. The molecule has 5 heteroatoms. The first-order chi connectivity index (χ1) is 9.02. The summed E-state index contributed by atoms with van der Waals surface area (Å²) in [5.74, 6) is -1.81. The van der Waals surface area contributed by atoms with Crippen molar-refractivity contribution in [1.82, 2.24) is 0 Å². The van der Waals surface area contributed by atoms with Crippen molar-refractivity contribution in [3.8, 4) is 6.07 Å². The second kappa shape index (κ2) is 5.79. The van der Waals surface area contributed by atoms with Crippen LogP contribution < -0.4 is 0 Å². The van der Waals surface area contributed by atoms with Gasteiger partial charge in [-0.3, -0.25) is 4.21 Å². The lowest BCUT2D eigenvalue weighted by Gasteiger charge is -2.30. The summed E-state index contributed by atoms with van der Waals surface area (Å²) in [6.45, 7) is 2.06. The Morgan fingerprint density at radius 2 is 2.05 bits per heavy atom. The fourth-order valence-corrected chi connectivity index (χ4v) is 4.26. The molecule has 4 atom stereocenters. The van der Waals surface area contributed by atoms with Crippen LogP contribution in [0.3, 0.4) is 0 Å². The van der Waals surface area contributed by atoms with E-state index in [1.807, 2.05) is 0 Å². The molecule has 0 radical (unpaired) electrons. The molecule has 0 saturated heterocycles. The van der Waals surface area contributed by atoms with Crippen LogP contribution in [0.15, 0.2) is 23.1 Å². The summed E-state index contributed by atoms with van der Waals surface area (Å²) in [5, 5.41) is 8.83. The molecule has 0 aromatic heterocycles. The molecule has 102 valence electrons. The van der Waals surface area contributed by atoms with Crippen molar-refractivity contribution in [2.24, 2.45) is 11.8 Å². The fraction of sp³-hybridized carbons (Fsp3) is 0.500. The second-order valence-electron chi connectivity index (χ2n) is 5.07. The van der Waals surface area contributed by atoms with Crippen molar-refractivity contribution < 1.29 is 13.0 Å². The highest BCUT2D eigenvalue weighted by atomic mass is 32.2. The molecule has 1 aromatic rings. The van der Waals surface area contributed by atoms with Crippen LogP contribution in [0.4, 0.5) is 8.78 Å². The minimum atomic E-state index is -1.47. The molecule has 2 rings (SSSR count). The Labute approximate surface area is 113 Å². The number of halogens is 2. The Morgan fingerprint density at radius 1 is 1.32 bits per heavy atom. The molecule has 1 fully saturated rings. The van der Waals surface area contributed by atoms with Crippen molar-refractivity contribution in [1.29, 1.82) is 5.26 Å². The molecule has 4 unspecified atom stereocenters. The van der Waals surface area contributed by atoms with Crippen molar-refractivity contribution in [2.75, 3.05) is 0 Å². The Hall–Kier alpha value is -1.28. The van der Waals surface area contributed by atoms with Gasteiger partial charge in [-0.05, 0) is 43.4 Å². The summed E-state index contributed by atoms with van der Waals surface area (Å²) >= 11 is 0. The van der Waals surface area contributed by atoms with Crippen LogP contribution >= 0.6 is 0 Å². The average molecular weight is 283 g/mol. The predicted octanol–water partition coefficient (Wildman–Crippen LogP) is 3.40. The average Bonchev–Trinajstić information content (AvgIpc) is 2.41. The lowest BCUT2D eigenvalue weighted by Crippen LogP contribution is -2.31. The fourth-order valence-electron chi connectivity index (χ4n) is 2.49. The van der Waals surface area contributed by atoms with E-state index >= 15 is 0 Å². The van der Waals surface area contributed by atoms with Crippen LogP contribution in [0.5, 0.6) is 0 Å². The van der Waals surface area contributed by atoms with E-state index in [0.717, 1.165) is 25.0 Å². The van der Waals surface area contributed by atoms with E-state index in [9.17, 15) is 13.0 Å². The normalized spacial score (nSPS) is 28.6. The zero-order chi connectivity index (χ0) is 14.0. The predicted molar refractivity (Wildman–Crippen MR) is 68.7 cm³/mol. The standard InChI is InChI=1S/C14H15F2NOS/c1-9-2-3-10(8-17)14(6-9)19(18)11-4-5-12(15)13(16)7-11/h4-5,7,9-10,14H,2-3,6H2,1H3. The zero-order valence-electron chi connectivity index (χ0n) is 10.6. The Bertz CT molecular complexity index is 541. The van der Waals surface area contributed by atoms with Crippen molar-refractivity contribution >= 4 is 10.8 Å². The molecule has 0 bridgehead atoms. The van der Waals surface area contributed by atoms with Crippen LogP contribution in [-0.4, -0.2) is 9.46 Å². The summed E-state index contributed by atoms with van der Waals surface area (Å²) < 4.78 is 38.5. The number of rotatable bonds is 2. The van der Waals surface area contributed by atoms with E-state index in [0.29, 0.717) is 12.3 Å². The first-order valence-electron chi connectivity index (χ1n) is 6.28. The van der Waals surface area contributed by atoms with Gasteiger partial charge >= 0.3 is 0 Å². The molecule has 0 spiro atoms. The minimum Gasteiger partial charge on any atom is -0.254 e. The van der Waals surface area contributed by atoms with E-state index < -0.39 is 22.4 Å². The largest absolute Gasteiger partial charge is 0.254 e. The quantitative estimate of drug-likeness (QED) is 0.834. The third-order valence-electron chi connectivity index (χ3n) is 3.62. The van der Waals surface area contributed by atoms with Gasteiger partial charge < -0.3 is 0 Å². The summed E-state index contributed by atoms with van der Waals surface area (Å²) in [7, 11) is -1.47. The Kier molecular flexibility index (Phi) is 4.31. The maximum absolute atomic E-state index is 13.2. The van der Waals surface area contributed by atoms with Crippen molar-refractivity contribution in [3.63, 3.8) is 0 Å². The number of nitrogens with zero attached hydrogens (tertiary/aromatic N) is 1. The van der Waals surface area contributed by atoms with E-state index in [1.54, 1.807) is 0 Å². The summed E-state index contributed by atoms with van der Waals surface area (Å²) in [4.78, 5) is 0.262. The summed E-state index contributed by atoms with van der Waals surface area (Å²) in [6, 6.07) is 5.48. The number of hydrogen-bond donors (Lipinski definition) is 0. The van der Waals surface area contributed by atoms with Crippen molar-refractivity contribution in [2.45, 2.75) is 36.3 Å². The van der Waals surface area contributed by atoms with Gasteiger partial charge in [-0.2, -0.15) is 5.26 Å². The van der Waals surface area contributed by atoms with Gasteiger partial charge in [0.1, 0.15) is 0 Å². The van der Waals surface area contributed by atoms with Gasteiger partial charge in [0.2, 0.25) is 0 Å². The smallest absolute Gasteiger partial charge is 0.160 e. The molecule has 1 aliphatic rings. The summed E-state index contributed by atoms with van der Waals surface area (Å²) in [5.41, 5.74) is 0. The first kappa shape index (κ1) is 14.1. The zero-order valence-corrected chi connectivity index (χ0v) is 11.4. The van der Waals surface area contributed by atoms with Gasteiger partial charge in [0.25, 0.3) is 0 Å².